The molecule has 7 heteroatoms. The predicted molar refractivity (Wildman–Crippen MR) is 106 cm³/mol. The monoisotopic (exact) mass is 436 g/mol. The Balaban J connectivity index is 1.85. The van der Waals surface area contributed by atoms with Crippen molar-refractivity contribution < 1.29 is 13.2 Å². The summed E-state index contributed by atoms with van der Waals surface area (Å²) in [6, 6.07) is 14.0. The summed E-state index contributed by atoms with van der Waals surface area (Å²) in [5.41, 5.74) is 1.95. The fraction of sp³-hybridized carbons (Fsp3) is 0.316. The molecule has 1 aliphatic heterocycles. The fourth-order valence-electron chi connectivity index (χ4n) is 3.32. The number of fused-ring (bicyclic) bond motifs is 1. The molecule has 0 saturated heterocycles. The Labute approximate surface area is 162 Å². The van der Waals surface area contributed by atoms with Gasteiger partial charge in [-0.25, -0.2) is 8.42 Å². The van der Waals surface area contributed by atoms with E-state index in [1.807, 2.05) is 25.1 Å². The van der Waals surface area contributed by atoms with Crippen LogP contribution in [0.25, 0.3) is 0 Å². The van der Waals surface area contributed by atoms with Gasteiger partial charge in [0.2, 0.25) is 15.9 Å². The number of amides is 1. The minimum Gasteiger partial charge on any atom is -0.308 e. The Kier molecular flexibility index (Phi) is 5.50. The summed E-state index contributed by atoms with van der Waals surface area (Å²) in [5.74, 6) is -0.208. The van der Waals surface area contributed by atoms with Crippen molar-refractivity contribution in [2.45, 2.75) is 31.2 Å². The van der Waals surface area contributed by atoms with Crippen molar-refractivity contribution in [1.82, 2.24) is 4.31 Å². The second kappa shape index (κ2) is 7.50. The number of rotatable bonds is 5. The van der Waals surface area contributed by atoms with Gasteiger partial charge in [0.1, 0.15) is 0 Å². The molecule has 1 heterocycles. The Morgan fingerprint density at radius 1 is 1.23 bits per heavy atom. The molecule has 0 aliphatic carbocycles. The maximum atomic E-state index is 13.0. The summed E-state index contributed by atoms with van der Waals surface area (Å²) in [6.07, 6.45) is 0.762. The molecule has 3 rings (SSSR count). The first-order chi connectivity index (χ1) is 12.3. The molecule has 0 spiro atoms. The smallest absolute Gasteiger partial charge is 0.243 e. The van der Waals surface area contributed by atoms with E-state index in [0.717, 1.165) is 22.1 Å². The van der Waals surface area contributed by atoms with Crippen LogP contribution in [0.5, 0.6) is 0 Å². The summed E-state index contributed by atoms with van der Waals surface area (Å²) in [5, 5.41) is 0. The molecule has 2 aromatic carbocycles. The molecule has 0 saturated carbocycles. The maximum absolute atomic E-state index is 13.0. The van der Waals surface area contributed by atoms with Gasteiger partial charge in [-0.05, 0) is 49.2 Å². The lowest BCUT2D eigenvalue weighted by atomic mass is 10.1. The lowest BCUT2D eigenvalue weighted by Gasteiger charge is -2.27. The first kappa shape index (κ1) is 19.1. The van der Waals surface area contributed by atoms with Gasteiger partial charge < -0.3 is 4.90 Å². The molecule has 1 atom stereocenters. The lowest BCUT2D eigenvalue weighted by Crippen LogP contribution is -2.45. The molecule has 0 N–H and O–H groups in total. The largest absolute Gasteiger partial charge is 0.308 e. The highest BCUT2D eigenvalue weighted by Gasteiger charge is 2.34. The zero-order valence-electron chi connectivity index (χ0n) is 14.7. The van der Waals surface area contributed by atoms with Crippen molar-refractivity contribution in [3.05, 3.63) is 58.6 Å². The zero-order chi connectivity index (χ0) is 18.9. The molecule has 138 valence electrons. The standard InChI is InChI=1S/C19H21BrN2O3S/c1-3-21(26(24,25)17-7-5-4-6-8-17)13-19(23)22-14(2)11-15-12-16(20)9-10-18(15)22/h4-10,12,14H,3,11,13H2,1-2H3. The number of hydrogen-bond donors (Lipinski definition) is 0. The molecular weight excluding hydrogens is 416 g/mol. The Hall–Kier alpha value is -1.70. The van der Waals surface area contributed by atoms with Crippen LogP contribution >= 0.6 is 15.9 Å². The van der Waals surface area contributed by atoms with Crippen LogP contribution in [-0.4, -0.2) is 37.8 Å². The second-order valence-corrected chi connectivity index (χ2v) is 9.19. The van der Waals surface area contributed by atoms with E-state index in [4.69, 9.17) is 0 Å². The van der Waals surface area contributed by atoms with Crippen LogP contribution in [0.2, 0.25) is 0 Å². The molecule has 0 fully saturated rings. The Bertz CT molecular complexity index is 916. The number of sulfonamides is 1. The number of carbonyl (C=O) groups is 1. The van der Waals surface area contributed by atoms with E-state index in [2.05, 4.69) is 15.9 Å². The first-order valence-corrected chi connectivity index (χ1v) is 10.7. The molecular formula is C19H21BrN2O3S. The SMILES string of the molecule is CCN(CC(=O)N1c2ccc(Br)cc2CC1C)S(=O)(=O)c1ccccc1. The third-order valence-electron chi connectivity index (χ3n) is 4.57. The van der Waals surface area contributed by atoms with Crippen molar-refractivity contribution in [1.29, 1.82) is 0 Å². The molecule has 0 bridgehead atoms. The van der Waals surface area contributed by atoms with Gasteiger partial charge in [0.05, 0.1) is 11.4 Å². The van der Waals surface area contributed by atoms with Gasteiger partial charge in [-0.3, -0.25) is 4.79 Å². The highest BCUT2D eigenvalue weighted by molar-refractivity contribution is 9.10. The quantitative estimate of drug-likeness (QED) is 0.720. The van der Waals surface area contributed by atoms with Crippen LogP contribution in [-0.2, 0) is 21.2 Å². The molecule has 2 aromatic rings. The maximum Gasteiger partial charge on any atom is 0.243 e. The van der Waals surface area contributed by atoms with Gasteiger partial charge in [0.15, 0.2) is 0 Å². The third-order valence-corrected chi connectivity index (χ3v) is 7.00. The van der Waals surface area contributed by atoms with E-state index in [0.29, 0.717) is 0 Å². The number of benzene rings is 2. The number of nitrogens with zero attached hydrogens (tertiary/aromatic N) is 2. The summed E-state index contributed by atoms with van der Waals surface area (Å²) in [6.45, 7) is 3.78. The minimum atomic E-state index is -3.70. The minimum absolute atomic E-state index is 0.00457. The van der Waals surface area contributed by atoms with Gasteiger partial charge >= 0.3 is 0 Å². The average molecular weight is 437 g/mol. The molecule has 0 aromatic heterocycles. The Morgan fingerprint density at radius 3 is 2.58 bits per heavy atom. The van der Waals surface area contributed by atoms with Gasteiger partial charge in [0, 0.05) is 22.7 Å². The van der Waals surface area contributed by atoms with Gasteiger partial charge in [-0.1, -0.05) is 41.1 Å². The van der Waals surface area contributed by atoms with Gasteiger partial charge in [-0.2, -0.15) is 4.31 Å². The number of hydrogen-bond acceptors (Lipinski definition) is 3. The molecule has 1 aliphatic rings. The van der Waals surface area contributed by atoms with E-state index in [1.54, 1.807) is 42.2 Å². The lowest BCUT2D eigenvalue weighted by molar-refractivity contribution is -0.119. The predicted octanol–water partition coefficient (Wildman–Crippen LogP) is 3.44. The first-order valence-electron chi connectivity index (χ1n) is 8.50. The fourth-order valence-corrected chi connectivity index (χ4v) is 5.14. The molecule has 1 unspecified atom stereocenters. The average Bonchev–Trinajstić information content (AvgIpc) is 2.94. The third kappa shape index (κ3) is 3.56. The topological polar surface area (TPSA) is 57.7 Å². The van der Waals surface area contributed by atoms with Crippen LogP contribution in [0.1, 0.15) is 19.4 Å². The van der Waals surface area contributed by atoms with Crippen LogP contribution in [0.4, 0.5) is 5.69 Å². The normalized spacial score (nSPS) is 16.8. The van der Waals surface area contributed by atoms with Gasteiger partial charge in [0.25, 0.3) is 0 Å². The van der Waals surface area contributed by atoms with E-state index in [1.165, 1.54) is 4.31 Å². The number of halogens is 1. The molecule has 5 nitrogen and oxygen atoms in total. The summed E-state index contributed by atoms with van der Waals surface area (Å²) in [4.78, 5) is 14.9. The highest BCUT2D eigenvalue weighted by Crippen LogP contribution is 2.34. The molecule has 26 heavy (non-hydrogen) atoms. The number of likely N-dealkylation sites (N-methyl/N-ethyl adjacent to an activating group) is 1. The highest BCUT2D eigenvalue weighted by atomic mass is 79.9. The number of anilines is 1. The van der Waals surface area contributed by atoms with Crippen LogP contribution in [0, 0.1) is 0 Å². The summed E-state index contributed by atoms with van der Waals surface area (Å²) >= 11 is 3.45. The summed E-state index contributed by atoms with van der Waals surface area (Å²) < 4.78 is 27.9. The zero-order valence-corrected chi connectivity index (χ0v) is 17.1. The van der Waals surface area contributed by atoms with Crippen molar-refractivity contribution in [3.63, 3.8) is 0 Å². The van der Waals surface area contributed by atoms with Crippen molar-refractivity contribution in [2.24, 2.45) is 0 Å². The Morgan fingerprint density at radius 2 is 1.92 bits per heavy atom. The van der Waals surface area contributed by atoms with E-state index >= 15 is 0 Å². The van der Waals surface area contributed by atoms with Crippen molar-refractivity contribution in [3.8, 4) is 0 Å². The summed E-state index contributed by atoms with van der Waals surface area (Å²) in [7, 11) is -3.70. The molecule has 0 radical (unpaired) electrons. The van der Waals surface area contributed by atoms with Crippen LogP contribution < -0.4 is 4.90 Å². The van der Waals surface area contributed by atoms with Crippen LogP contribution in [0.3, 0.4) is 0 Å². The van der Waals surface area contributed by atoms with E-state index in [9.17, 15) is 13.2 Å². The van der Waals surface area contributed by atoms with E-state index in [-0.39, 0.29) is 29.9 Å². The molecule has 1 amide bonds. The van der Waals surface area contributed by atoms with Crippen LogP contribution in [0.15, 0.2) is 57.9 Å². The van der Waals surface area contributed by atoms with Crippen molar-refractivity contribution >= 4 is 37.5 Å². The second-order valence-electron chi connectivity index (χ2n) is 6.33. The van der Waals surface area contributed by atoms with E-state index < -0.39 is 10.0 Å². The van der Waals surface area contributed by atoms with Crippen molar-refractivity contribution in [2.75, 3.05) is 18.0 Å². The number of carbonyl (C=O) groups excluding carboxylic acids is 1. The van der Waals surface area contributed by atoms with Gasteiger partial charge in [-0.15, -0.1) is 0 Å².